The molecule has 2 nitrogen and oxygen atoms in total. The van der Waals surface area contributed by atoms with Crippen LogP contribution >= 0.6 is 11.6 Å². The molecule has 0 bridgehead atoms. The van der Waals surface area contributed by atoms with E-state index in [1.54, 1.807) is 0 Å². The fraction of sp³-hybridized carbons (Fsp3) is 0.143. The third-order valence-corrected chi connectivity index (χ3v) is 1.45. The number of hydrogen-bond acceptors (Lipinski definition) is 2. The lowest BCUT2D eigenvalue weighted by molar-refractivity contribution is 0.101. The molecule has 1 rings (SSSR count). The van der Waals surface area contributed by atoms with Crippen molar-refractivity contribution in [2.75, 3.05) is 0 Å². The molecule has 0 aliphatic rings. The number of hydrogen-bond donors (Lipinski definition) is 0. The SMILES string of the molecule is CC(=O)c1ccc(Cl)c(F)n1. The molecule has 0 N–H and O–H groups in total. The normalized spacial score (nSPS) is 9.73. The molecule has 58 valence electrons. The first kappa shape index (κ1) is 8.14. The van der Waals surface area contributed by atoms with Crippen LogP contribution in [0.5, 0.6) is 0 Å². The van der Waals surface area contributed by atoms with Crippen molar-refractivity contribution >= 4 is 17.4 Å². The Balaban J connectivity index is 3.15. The Morgan fingerprint density at radius 3 is 2.73 bits per heavy atom. The molecular formula is C7H5ClFNO. The maximum absolute atomic E-state index is 12.5. The molecule has 0 amide bonds. The Labute approximate surface area is 68.0 Å². The maximum Gasteiger partial charge on any atom is 0.232 e. The summed E-state index contributed by atoms with van der Waals surface area (Å²) in [7, 11) is 0. The van der Waals surface area contributed by atoms with Crippen LogP contribution in [0.2, 0.25) is 5.02 Å². The first-order valence-electron chi connectivity index (χ1n) is 2.94. The van der Waals surface area contributed by atoms with Crippen molar-refractivity contribution in [2.45, 2.75) is 6.92 Å². The molecule has 0 unspecified atom stereocenters. The van der Waals surface area contributed by atoms with Gasteiger partial charge < -0.3 is 0 Å². The number of Topliss-reactive ketones (excluding diaryl/α,β-unsaturated/α-hetero) is 1. The van der Waals surface area contributed by atoms with Crippen LogP contribution in [0, 0.1) is 5.95 Å². The minimum atomic E-state index is -0.806. The second-order valence-corrected chi connectivity index (χ2v) is 2.43. The number of pyridine rings is 1. The lowest BCUT2D eigenvalue weighted by Crippen LogP contribution is -1.98. The van der Waals surface area contributed by atoms with E-state index in [1.807, 2.05) is 0 Å². The van der Waals surface area contributed by atoms with Gasteiger partial charge in [-0.3, -0.25) is 4.79 Å². The molecule has 0 fully saturated rings. The molecule has 11 heavy (non-hydrogen) atoms. The zero-order valence-corrected chi connectivity index (χ0v) is 6.52. The highest BCUT2D eigenvalue weighted by molar-refractivity contribution is 6.30. The van der Waals surface area contributed by atoms with Crippen LogP contribution < -0.4 is 0 Å². The largest absolute Gasteiger partial charge is 0.293 e. The number of halogens is 2. The van der Waals surface area contributed by atoms with E-state index < -0.39 is 5.95 Å². The number of ketones is 1. The van der Waals surface area contributed by atoms with Crippen molar-refractivity contribution in [2.24, 2.45) is 0 Å². The minimum Gasteiger partial charge on any atom is -0.293 e. The fourth-order valence-electron chi connectivity index (χ4n) is 0.613. The molecule has 0 saturated heterocycles. The van der Waals surface area contributed by atoms with Crippen molar-refractivity contribution in [3.05, 3.63) is 28.8 Å². The zero-order chi connectivity index (χ0) is 8.43. The van der Waals surface area contributed by atoms with Gasteiger partial charge >= 0.3 is 0 Å². The highest BCUT2D eigenvalue weighted by Gasteiger charge is 2.05. The second kappa shape index (κ2) is 2.96. The predicted octanol–water partition coefficient (Wildman–Crippen LogP) is 2.08. The zero-order valence-electron chi connectivity index (χ0n) is 5.77. The van der Waals surface area contributed by atoms with Gasteiger partial charge in [0.2, 0.25) is 5.95 Å². The van der Waals surface area contributed by atoms with E-state index in [1.165, 1.54) is 19.1 Å². The number of nitrogens with zero attached hydrogens (tertiary/aromatic N) is 1. The van der Waals surface area contributed by atoms with Gasteiger partial charge in [0.1, 0.15) is 5.69 Å². The Kier molecular flexibility index (Phi) is 2.19. The van der Waals surface area contributed by atoms with Gasteiger partial charge in [0.25, 0.3) is 0 Å². The molecule has 1 aromatic heterocycles. The Morgan fingerprint density at radius 2 is 2.27 bits per heavy atom. The third kappa shape index (κ3) is 1.74. The van der Waals surface area contributed by atoms with Crippen molar-refractivity contribution < 1.29 is 9.18 Å². The number of aromatic nitrogens is 1. The van der Waals surface area contributed by atoms with E-state index >= 15 is 0 Å². The Morgan fingerprint density at radius 1 is 1.64 bits per heavy atom. The summed E-state index contributed by atoms with van der Waals surface area (Å²) >= 11 is 5.34. The van der Waals surface area contributed by atoms with Crippen LogP contribution in [-0.2, 0) is 0 Å². The van der Waals surface area contributed by atoms with E-state index in [0.29, 0.717) is 0 Å². The summed E-state index contributed by atoms with van der Waals surface area (Å²) in [6.07, 6.45) is 0. The van der Waals surface area contributed by atoms with Gasteiger partial charge in [-0.1, -0.05) is 11.6 Å². The smallest absolute Gasteiger partial charge is 0.232 e. The van der Waals surface area contributed by atoms with Crippen molar-refractivity contribution in [3.8, 4) is 0 Å². The first-order valence-corrected chi connectivity index (χ1v) is 3.32. The van der Waals surface area contributed by atoms with Gasteiger partial charge in [0, 0.05) is 6.92 Å². The van der Waals surface area contributed by atoms with Crippen molar-refractivity contribution in [1.29, 1.82) is 0 Å². The molecule has 0 atom stereocenters. The summed E-state index contributed by atoms with van der Waals surface area (Å²) in [5, 5.41) is -0.0741. The molecule has 1 aromatic rings. The molecular weight excluding hydrogens is 169 g/mol. The van der Waals surface area contributed by atoms with Crippen LogP contribution in [0.25, 0.3) is 0 Å². The monoisotopic (exact) mass is 173 g/mol. The number of rotatable bonds is 1. The lowest BCUT2D eigenvalue weighted by atomic mass is 10.3. The van der Waals surface area contributed by atoms with E-state index in [0.717, 1.165) is 0 Å². The summed E-state index contributed by atoms with van der Waals surface area (Å²) in [5.74, 6) is -1.08. The molecule has 0 saturated carbocycles. The highest BCUT2D eigenvalue weighted by Crippen LogP contribution is 2.11. The molecule has 0 aliphatic heterocycles. The number of carbonyl (C=O) groups is 1. The van der Waals surface area contributed by atoms with Crippen molar-refractivity contribution in [1.82, 2.24) is 4.98 Å². The molecule has 0 aromatic carbocycles. The topological polar surface area (TPSA) is 30.0 Å². The minimum absolute atomic E-state index is 0.0741. The Bertz CT molecular complexity index is 300. The van der Waals surface area contributed by atoms with Gasteiger partial charge in [0.05, 0.1) is 5.02 Å². The third-order valence-electron chi connectivity index (χ3n) is 1.16. The standard InChI is InChI=1S/C7H5ClFNO/c1-4(11)6-3-2-5(8)7(9)10-6/h2-3H,1H3. The van der Waals surface area contributed by atoms with Crippen molar-refractivity contribution in [3.63, 3.8) is 0 Å². The van der Waals surface area contributed by atoms with Gasteiger partial charge in [-0.05, 0) is 12.1 Å². The Hall–Kier alpha value is -0.960. The molecule has 1 heterocycles. The molecule has 0 spiro atoms. The van der Waals surface area contributed by atoms with Gasteiger partial charge in [-0.2, -0.15) is 4.39 Å². The van der Waals surface area contributed by atoms with Crippen LogP contribution in [0.1, 0.15) is 17.4 Å². The fourth-order valence-corrected chi connectivity index (χ4v) is 0.719. The maximum atomic E-state index is 12.5. The van der Waals surface area contributed by atoms with Gasteiger partial charge in [-0.15, -0.1) is 0 Å². The summed E-state index contributed by atoms with van der Waals surface area (Å²) in [5.41, 5.74) is 0.0897. The van der Waals surface area contributed by atoms with Crippen LogP contribution in [0.4, 0.5) is 4.39 Å². The quantitative estimate of drug-likeness (QED) is 0.481. The second-order valence-electron chi connectivity index (χ2n) is 2.03. The van der Waals surface area contributed by atoms with Crippen LogP contribution in [0.3, 0.4) is 0 Å². The van der Waals surface area contributed by atoms with Crippen LogP contribution in [0.15, 0.2) is 12.1 Å². The highest BCUT2D eigenvalue weighted by atomic mass is 35.5. The van der Waals surface area contributed by atoms with Gasteiger partial charge in [-0.25, -0.2) is 4.98 Å². The van der Waals surface area contributed by atoms with E-state index in [2.05, 4.69) is 4.98 Å². The molecule has 4 heteroatoms. The predicted molar refractivity (Wildman–Crippen MR) is 39.2 cm³/mol. The van der Waals surface area contributed by atoms with E-state index in [9.17, 15) is 9.18 Å². The summed E-state index contributed by atoms with van der Waals surface area (Å²) in [4.78, 5) is 14.0. The molecule has 0 aliphatic carbocycles. The summed E-state index contributed by atoms with van der Waals surface area (Å²) < 4.78 is 12.5. The van der Waals surface area contributed by atoms with Gasteiger partial charge in [0.15, 0.2) is 5.78 Å². The molecule has 0 radical (unpaired) electrons. The summed E-state index contributed by atoms with van der Waals surface area (Å²) in [6.45, 7) is 1.32. The average Bonchev–Trinajstić information content (AvgIpc) is 1.94. The average molecular weight is 174 g/mol. The summed E-state index contributed by atoms with van der Waals surface area (Å²) in [6, 6.07) is 2.69. The van der Waals surface area contributed by atoms with Crippen LogP contribution in [-0.4, -0.2) is 10.8 Å². The van der Waals surface area contributed by atoms with E-state index in [-0.39, 0.29) is 16.5 Å². The van der Waals surface area contributed by atoms with E-state index in [4.69, 9.17) is 11.6 Å². The number of carbonyl (C=O) groups excluding carboxylic acids is 1. The lowest BCUT2D eigenvalue weighted by Gasteiger charge is -1.95. The first-order chi connectivity index (χ1) is 5.11.